The van der Waals surface area contributed by atoms with E-state index >= 15 is 0 Å². The first-order chi connectivity index (χ1) is 14.9. The molecule has 0 saturated carbocycles. The van der Waals surface area contributed by atoms with Crippen LogP contribution in [0.5, 0.6) is 0 Å². The number of amides is 2. The van der Waals surface area contributed by atoms with Crippen LogP contribution >= 0.6 is 0 Å². The summed E-state index contributed by atoms with van der Waals surface area (Å²) in [6.07, 6.45) is -0.683. The lowest BCUT2D eigenvalue weighted by molar-refractivity contribution is 0.0636. The van der Waals surface area contributed by atoms with Crippen molar-refractivity contribution in [1.82, 2.24) is 0 Å². The van der Waals surface area contributed by atoms with Crippen molar-refractivity contribution in [2.45, 2.75) is 32.1 Å². The summed E-state index contributed by atoms with van der Waals surface area (Å²) >= 11 is 0. The number of primary sulfonamides is 1. The van der Waals surface area contributed by atoms with E-state index in [4.69, 9.17) is 9.88 Å². The number of carbonyl (C=O) groups excluding carboxylic acids is 2. The van der Waals surface area contributed by atoms with Crippen molar-refractivity contribution in [2.24, 2.45) is 5.14 Å². The molecule has 32 heavy (non-hydrogen) atoms. The Labute approximate surface area is 186 Å². The number of carbonyl (C=O) groups is 2. The number of fused-ring (bicyclic) bond motifs is 1. The summed E-state index contributed by atoms with van der Waals surface area (Å²) in [7, 11) is -3.71. The van der Waals surface area contributed by atoms with Gasteiger partial charge in [0.1, 0.15) is 5.60 Å². The largest absolute Gasteiger partial charge is 0.444 e. The third-order valence-electron chi connectivity index (χ3n) is 4.32. The summed E-state index contributed by atoms with van der Waals surface area (Å²) in [5.41, 5.74) is 0.652. The summed E-state index contributed by atoms with van der Waals surface area (Å²) in [4.78, 5) is 25.4. The fourth-order valence-electron chi connectivity index (χ4n) is 3.11. The van der Waals surface area contributed by atoms with Crippen molar-refractivity contribution in [3.63, 3.8) is 0 Å². The summed E-state index contributed by atoms with van der Waals surface area (Å²) in [5.74, 6) is -0.826. The highest BCUT2D eigenvalue weighted by molar-refractivity contribution is 7.88. The summed E-state index contributed by atoms with van der Waals surface area (Å²) in [5, 5.41) is 12.2. The zero-order chi connectivity index (χ0) is 23.5. The zero-order valence-corrected chi connectivity index (χ0v) is 18.8. The van der Waals surface area contributed by atoms with Gasteiger partial charge in [0, 0.05) is 5.69 Å². The van der Waals surface area contributed by atoms with Crippen molar-refractivity contribution in [3.05, 3.63) is 71.8 Å². The summed E-state index contributed by atoms with van der Waals surface area (Å²) in [6.45, 7) is 5.24. The first-order valence-electron chi connectivity index (χ1n) is 9.83. The van der Waals surface area contributed by atoms with Crippen LogP contribution in [-0.4, -0.2) is 26.0 Å². The van der Waals surface area contributed by atoms with E-state index in [0.29, 0.717) is 11.3 Å². The zero-order valence-electron chi connectivity index (χ0n) is 18.0. The van der Waals surface area contributed by atoms with Gasteiger partial charge in [-0.2, -0.15) is 0 Å². The quantitative estimate of drug-likeness (QED) is 0.530. The second-order valence-electron chi connectivity index (χ2n) is 8.33. The Morgan fingerprint density at radius 2 is 1.59 bits per heavy atom. The number of hydrogen-bond acceptors (Lipinski definition) is 5. The van der Waals surface area contributed by atoms with Gasteiger partial charge in [-0.1, -0.05) is 36.4 Å². The number of ether oxygens (including phenoxy) is 1. The van der Waals surface area contributed by atoms with E-state index in [-0.39, 0.29) is 17.0 Å². The average molecular weight is 456 g/mol. The number of nitrogens with one attached hydrogen (secondary N) is 2. The molecule has 0 spiro atoms. The first-order valence-corrected chi connectivity index (χ1v) is 11.5. The molecule has 0 fully saturated rings. The van der Waals surface area contributed by atoms with Crippen LogP contribution in [0.4, 0.5) is 16.2 Å². The summed E-state index contributed by atoms with van der Waals surface area (Å²) in [6, 6.07) is 17.2. The lowest BCUT2D eigenvalue weighted by atomic mass is 10.0. The second-order valence-corrected chi connectivity index (χ2v) is 9.95. The highest BCUT2D eigenvalue weighted by atomic mass is 32.2. The first kappa shape index (κ1) is 23.2. The maximum absolute atomic E-state index is 13.1. The van der Waals surface area contributed by atoms with E-state index in [2.05, 4.69) is 10.6 Å². The number of sulfonamides is 1. The predicted molar refractivity (Wildman–Crippen MR) is 125 cm³/mol. The van der Waals surface area contributed by atoms with Gasteiger partial charge in [0.2, 0.25) is 10.0 Å². The van der Waals surface area contributed by atoms with Crippen LogP contribution in [-0.2, 0) is 20.5 Å². The SMILES string of the molecule is CC(C)(C)OC(=O)Nc1cc2ccccc2cc1C(=O)Nc1cccc(CS(N)(=O)=O)c1. The van der Waals surface area contributed by atoms with E-state index in [1.165, 1.54) is 6.07 Å². The van der Waals surface area contributed by atoms with Crippen LogP contribution in [0.3, 0.4) is 0 Å². The van der Waals surface area contributed by atoms with Gasteiger partial charge in [0.25, 0.3) is 5.91 Å². The Morgan fingerprint density at radius 3 is 2.22 bits per heavy atom. The Balaban J connectivity index is 1.93. The lowest BCUT2D eigenvalue weighted by Gasteiger charge is -2.20. The van der Waals surface area contributed by atoms with Crippen LogP contribution < -0.4 is 15.8 Å². The average Bonchev–Trinajstić information content (AvgIpc) is 2.64. The Morgan fingerprint density at radius 1 is 0.938 bits per heavy atom. The van der Waals surface area contributed by atoms with Crippen LogP contribution in [0.15, 0.2) is 60.7 Å². The van der Waals surface area contributed by atoms with Crippen molar-refractivity contribution in [3.8, 4) is 0 Å². The van der Waals surface area contributed by atoms with Gasteiger partial charge in [-0.25, -0.2) is 18.4 Å². The van der Waals surface area contributed by atoms with Crippen LogP contribution in [0.1, 0.15) is 36.7 Å². The van der Waals surface area contributed by atoms with Crippen molar-refractivity contribution < 1.29 is 22.7 Å². The molecule has 0 radical (unpaired) electrons. The van der Waals surface area contributed by atoms with Gasteiger partial charge < -0.3 is 10.1 Å². The standard InChI is InChI=1S/C23H25N3O5S/c1-23(2,3)31-22(28)26-20-13-17-9-5-4-8-16(17)12-19(20)21(27)25-18-10-6-7-15(11-18)14-32(24,29)30/h4-13H,14H2,1-3H3,(H,25,27)(H,26,28)(H2,24,29,30). The maximum atomic E-state index is 13.1. The van der Waals surface area contributed by atoms with Crippen LogP contribution in [0.25, 0.3) is 10.8 Å². The molecule has 3 aromatic rings. The van der Waals surface area contributed by atoms with Gasteiger partial charge in [0.15, 0.2) is 0 Å². The molecule has 0 heterocycles. The fourth-order valence-corrected chi connectivity index (χ4v) is 3.76. The molecule has 0 aliphatic carbocycles. The molecule has 0 atom stereocenters. The van der Waals surface area contributed by atoms with E-state index in [9.17, 15) is 18.0 Å². The lowest BCUT2D eigenvalue weighted by Crippen LogP contribution is -2.28. The highest BCUT2D eigenvalue weighted by Crippen LogP contribution is 2.26. The number of anilines is 2. The molecule has 3 aromatic carbocycles. The Bertz CT molecular complexity index is 1280. The molecule has 3 rings (SSSR count). The number of benzene rings is 3. The van der Waals surface area contributed by atoms with Crippen molar-refractivity contribution >= 4 is 44.2 Å². The molecule has 0 aliphatic rings. The van der Waals surface area contributed by atoms with Crippen molar-refractivity contribution in [2.75, 3.05) is 10.6 Å². The Kier molecular flexibility index (Phi) is 6.52. The molecule has 168 valence electrons. The molecule has 0 bridgehead atoms. The Hall–Kier alpha value is -3.43. The molecule has 8 nitrogen and oxygen atoms in total. The fraction of sp³-hybridized carbons (Fsp3) is 0.217. The normalized spacial score (nSPS) is 11.8. The van der Waals surface area contributed by atoms with Crippen LogP contribution in [0, 0.1) is 0 Å². The monoisotopic (exact) mass is 455 g/mol. The van der Waals surface area contributed by atoms with E-state index in [1.807, 2.05) is 24.3 Å². The molecule has 0 unspecified atom stereocenters. The minimum Gasteiger partial charge on any atom is -0.444 e. The van der Waals surface area contributed by atoms with Crippen molar-refractivity contribution in [1.29, 1.82) is 0 Å². The van der Waals surface area contributed by atoms with E-state index in [1.54, 1.807) is 51.1 Å². The highest BCUT2D eigenvalue weighted by Gasteiger charge is 2.20. The minimum atomic E-state index is -3.71. The molecule has 0 saturated heterocycles. The van der Waals surface area contributed by atoms with E-state index in [0.717, 1.165) is 10.8 Å². The van der Waals surface area contributed by atoms with Gasteiger partial charge >= 0.3 is 6.09 Å². The number of nitrogens with two attached hydrogens (primary N) is 1. The van der Waals surface area contributed by atoms with Gasteiger partial charge in [0.05, 0.1) is 17.0 Å². The number of rotatable bonds is 5. The smallest absolute Gasteiger partial charge is 0.412 e. The maximum Gasteiger partial charge on any atom is 0.412 e. The minimum absolute atomic E-state index is 0.228. The molecule has 2 amide bonds. The predicted octanol–water partition coefficient (Wildman–Crippen LogP) is 4.23. The van der Waals surface area contributed by atoms with Crippen LogP contribution in [0.2, 0.25) is 0 Å². The molecule has 0 aromatic heterocycles. The van der Waals surface area contributed by atoms with Gasteiger partial charge in [-0.05, 0) is 61.4 Å². The van der Waals surface area contributed by atoms with Gasteiger partial charge in [-0.3, -0.25) is 10.1 Å². The number of hydrogen-bond donors (Lipinski definition) is 3. The molecular formula is C23H25N3O5S. The third kappa shape index (κ3) is 6.53. The van der Waals surface area contributed by atoms with E-state index < -0.39 is 27.6 Å². The molecule has 4 N–H and O–H groups in total. The molecule has 0 aliphatic heterocycles. The second kappa shape index (κ2) is 8.97. The third-order valence-corrected chi connectivity index (χ3v) is 5.05. The molecule has 9 heteroatoms. The van der Waals surface area contributed by atoms with Gasteiger partial charge in [-0.15, -0.1) is 0 Å². The molecular weight excluding hydrogens is 430 g/mol. The topological polar surface area (TPSA) is 128 Å². The summed E-state index contributed by atoms with van der Waals surface area (Å²) < 4.78 is 28.0.